The van der Waals surface area contributed by atoms with Crippen molar-refractivity contribution in [1.82, 2.24) is 10.2 Å². The summed E-state index contributed by atoms with van der Waals surface area (Å²) < 4.78 is 5.21. The number of anilines is 1. The molecule has 196 valence electrons. The van der Waals surface area contributed by atoms with Crippen molar-refractivity contribution in [3.63, 3.8) is 0 Å². The van der Waals surface area contributed by atoms with Crippen LogP contribution >= 0.6 is 11.6 Å². The molecule has 0 radical (unpaired) electrons. The third kappa shape index (κ3) is 8.51. The number of hydrogen-bond donors (Lipinski definition) is 3. The van der Waals surface area contributed by atoms with Crippen LogP contribution in [0.1, 0.15) is 44.4 Å². The monoisotopic (exact) mass is 527 g/mol. The number of carbonyl (C=O) groups is 4. The highest BCUT2D eigenvalue weighted by atomic mass is 35.5. The zero-order valence-corrected chi connectivity index (χ0v) is 21.8. The number of primary amides is 1. The number of aryl methyl sites for hydroxylation is 1. The fraction of sp³-hybridized carbons (Fsp3) is 0.346. The lowest BCUT2D eigenvalue weighted by molar-refractivity contribution is -0.141. The predicted octanol–water partition coefficient (Wildman–Crippen LogP) is 3.45. The van der Waals surface area contributed by atoms with E-state index in [1.807, 2.05) is 6.07 Å². The average Bonchev–Trinajstić information content (AvgIpc) is 2.79. The molecular weight excluding hydrogens is 498 g/mol. The van der Waals surface area contributed by atoms with Gasteiger partial charge in [-0.25, -0.2) is 4.79 Å². The number of rotatable bonds is 9. The van der Waals surface area contributed by atoms with Gasteiger partial charge in [0.1, 0.15) is 24.2 Å². The maximum atomic E-state index is 13.7. The molecule has 0 aromatic heterocycles. The van der Waals surface area contributed by atoms with Gasteiger partial charge in [-0.05, 0) is 44.9 Å². The van der Waals surface area contributed by atoms with E-state index >= 15 is 0 Å². The first-order valence-corrected chi connectivity index (χ1v) is 11.8. The second-order valence-electron chi connectivity index (χ2n) is 9.23. The normalized spacial score (nSPS) is 12.4. The highest BCUT2D eigenvalue weighted by Crippen LogP contribution is 2.29. The van der Waals surface area contributed by atoms with Crippen molar-refractivity contribution in [3.8, 4) is 6.07 Å². The number of nitrogens with two attached hydrogens (primary N) is 1. The summed E-state index contributed by atoms with van der Waals surface area (Å²) in [7, 11) is 0. The van der Waals surface area contributed by atoms with Gasteiger partial charge < -0.3 is 26.0 Å². The largest absolute Gasteiger partial charge is 0.444 e. The Morgan fingerprint density at radius 2 is 1.76 bits per heavy atom. The van der Waals surface area contributed by atoms with Gasteiger partial charge in [-0.1, -0.05) is 54.1 Å². The Kier molecular flexibility index (Phi) is 10.0. The molecule has 0 aliphatic heterocycles. The van der Waals surface area contributed by atoms with Crippen molar-refractivity contribution in [2.45, 2.75) is 51.8 Å². The first-order valence-electron chi connectivity index (χ1n) is 11.4. The number of nitriles is 1. The molecule has 37 heavy (non-hydrogen) atoms. The standard InChI is InChI=1S/C26H30ClN5O5/c1-16-9-8-12-18(27)21(16)31-23(34)22(17-10-6-5-7-11-17)32(14-13-28)24(35)19(15-20(29)33)30-25(36)37-26(2,3)4/h5-12,19,22H,14-15H2,1-4H3,(H2,29,33)(H,30,36)(H,31,34). The van der Waals surface area contributed by atoms with Crippen LogP contribution in [0.2, 0.25) is 5.02 Å². The zero-order chi connectivity index (χ0) is 27.8. The SMILES string of the molecule is Cc1cccc(Cl)c1NC(=O)C(c1ccccc1)N(CC#N)C(=O)C(CC(N)=O)NC(=O)OC(C)(C)C. The van der Waals surface area contributed by atoms with E-state index in [2.05, 4.69) is 10.6 Å². The van der Waals surface area contributed by atoms with Crippen LogP contribution in [-0.4, -0.2) is 46.9 Å². The number of halogens is 1. The molecule has 0 aliphatic carbocycles. The molecule has 0 bridgehead atoms. The maximum absolute atomic E-state index is 13.7. The first kappa shape index (κ1) is 29.1. The van der Waals surface area contributed by atoms with Crippen molar-refractivity contribution in [2.75, 3.05) is 11.9 Å². The van der Waals surface area contributed by atoms with Gasteiger partial charge >= 0.3 is 6.09 Å². The summed E-state index contributed by atoms with van der Waals surface area (Å²) in [5.74, 6) is -2.40. The van der Waals surface area contributed by atoms with E-state index in [1.54, 1.807) is 76.2 Å². The molecule has 2 aromatic carbocycles. The molecule has 2 aromatic rings. The van der Waals surface area contributed by atoms with E-state index in [0.29, 0.717) is 16.8 Å². The van der Waals surface area contributed by atoms with Crippen LogP contribution < -0.4 is 16.4 Å². The molecule has 0 saturated carbocycles. The zero-order valence-electron chi connectivity index (χ0n) is 21.1. The van der Waals surface area contributed by atoms with Crippen LogP contribution in [0, 0.1) is 18.3 Å². The Balaban J connectivity index is 2.51. The number of alkyl carbamates (subject to hydrolysis) is 1. The van der Waals surface area contributed by atoms with E-state index in [1.165, 1.54) is 0 Å². The molecule has 0 spiro atoms. The van der Waals surface area contributed by atoms with Crippen LogP contribution in [0.4, 0.5) is 10.5 Å². The average molecular weight is 528 g/mol. The quantitative estimate of drug-likeness (QED) is 0.424. The van der Waals surface area contributed by atoms with Crippen molar-refractivity contribution < 1.29 is 23.9 Å². The summed E-state index contributed by atoms with van der Waals surface area (Å²) in [5.41, 5.74) is 5.87. The topological polar surface area (TPSA) is 155 Å². The molecule has 0 heterocycles. The Bertz CT molecular complexity index is 1170. The van der Waals surface area contributed by atoms with Crippen molar-refractivity contribution >= 4 is 41.1 Å². The number of hydrogen-bond acceptors (Lipinski definition) is 6. The number of para-hydroxylation sites is 1. The minimum Gasteiger partial charge on any atom is -0.444 e. The Morgan fingerprint density at radius 1 is 1.11 bits per heavy atom. The summed E-state index contributed by atoms with van der Waals surface area (Å²) in [6.45, 7) is 6.12. The van der Waals surface area contributed by atoms with Crippen molar-refractivity contribution in [1.29, 1.82) is 5.26 Å². The molecule has 4 amide bonds. The van der Waals surface area contributed by atoms with Gasteiger partial charge in [0, 0.05) is 0 Å². The number of benzene rings is 2. The fourth-order valence-electron chi connectivity index (χ4n) is 3.51. The van der Waals surface area contributed by atoms with E-state index in [9.17, 15) is 24.4 Å². The summed E-state index contributed by atoms with van der Waals surface area (Å²) in [4.78, 5) is 52.4. The summed E-state index contributed by atoms with van der Waals surface area (Å²) in [5, 5.41) is 14.9. The fourth-order valence-corrected chi connectivity index (χ4v) is 3.78. The highest BCUT2D eigenvalue weighted by Gasteiger charge is 2.37. The molecule has 11 heteroatoms. The van der Waals surface area contributed by atoms with Crippen LogP contribution in [0.15, 0.2) is 48.5 Å². The summed E-state index contributed by atoms with van der Waals surface area (Å²) >= 11 is 6.28. The summed E-state index contributed by atoms with van der Waals surface area (Å²) in [6.07, 6.45) is -1.54. The smallest absolute Gasteiger partial charge is 0.408 e. The van der Waals surface area contributed by atoms with Gasteiger partial charge in [-0.2, -0.15) is 5.26 Å². The molecule has 0 saturated heterocycles. The lowest BCUT2D eigenvalue weighted by Crippen LogP contribution is -2.53. The third-order valence-electron chi connectivity index (χ3n) is 5.06. The molecule has 0 fully saturated rings. The van der Waals surface area contributed by atoms with Gasteiger partial charge in [0.2, 0.25) is 11.8 Å². The Hall–Kier alpha value is -4.10. The first-order chi connectivity index (χ1) is 17.3. The third-order valence-corrected chi connectivity index (χ3v) is 5.38. The lowest BCUT2D eigenvalue weighted by atomic mass is 10.0. The molecular formula is C26H30ClN5O5. The highest BCUT2D eigenvalue weighted by molar-refractivity contribution is 6.34. The second-order valence-corrected chi connectivity index (χ2v) is 9.63. The van der Waals surface area contributed by atoms with Crippen LogP contribution in [-0.2, 0) is 19.1 Å². The number of nitrogens with one attached hydrogen (secondary N) is 2. The van der Waals surface area contributed by atoms with Gasteiger partial charge in [0.15, 0.2) is 0 Å². The minimum absolute atomic E-state index is 0.288. The molecule has 4 N–H and O–H groups in total. The number of ether oxygens (including phenoxy) is 1. The van der Waals surface area contributed by atoms with E-state index < -0.39 is 54.5 Å². The Labute approximate surface area is 220 Å². The number of nitrogens with zero attached hydrogens (tertiary/aromatic N) is 2. The molecule has 0 aliphatic rings. The Morgan fingerprint density at radius 3 is 2.30 bits per heavy atom. The van der Waals surface area contributed by atoms with E-state index in [-0.39, 0.29) is 5.02 Å². The van der Waals surface area contributed by atoms with Gasteiger partial charge in [0.05, 0.1) is 23.2 Å². The van der Waals surface area contributed by atoms with Crippen molar-refractivity contribution in [3.05, 3.63) is 64.7 Å². The lowest BCUT2D eigenvalue weighted by Gasteiger charge is -2.32. The second kappa shape index (κ2) is 12.7. The van der Waals surface area contributed by atoms with Crippen LogP contribution in [0.25, 0.3) is 0 Å². The summed E-state index contributed by atoms with van der Waals surface area (Å²) in [6, 6.07) is 12.5. The van der Waals surface area contributed by atoms with Crippen LogP contribution in [0.5, 0.6) is 0 Å². The van der Waals surface area contributed by atoms with Crippen molar-refractivity contribution in [2.24, 2.45) is 5.73 Å². The van der Waals surface area contributed by atoms with Crippen LogP contribution in [0.3, 0.4) is 0 Å². The predicted molar refractivity (Wildman–Crippen MR) is 138 cm³/mol. The number of amides is 4. The molecule has 2 rings (SSSR count). The van der Waals surface area contributed by atoms with E-state index in [4.69, 9.17) is 22.1 Å². The number of carbonyl (C=O) groups excluding carboxylic acids is 4. The molecule has 2 unspecified atom stereocenters. The van der Waals surface area contributed by atoms with Gasteiger partial charge in [-0.3, -0.25) is 14.4 Å². The molecule has 10 nitrogen and oxygen atoms in total. The maximum Gasteiger partial charge on any atom is 0.408 e. The van der Waals surface area contributed by atoms with Gasteiger partial charge in [-0.15, -0.1) is 0 Å². The molecule has 2 atom stereocenters. The van der Waals surface area contributed by atoms with Gasteiger partial charge in [0.25, 0.3) is 5.91 Å². The van der Waals surface area contributed by atoms with E-state index in [0.717, 1.165) is 4.90 Å². The minimum atomic E-state index is -1.48.